The lowest BCUT2D eigenvalue weighted by atomic mass is 9.81. The highest BCUT2D eigenvalue weighted by atomic mass is 16.5. The van der Waals surface area contributed by atoms with Gasteiger partial charge < -0.3 is 14.5 Å². The molecule has 4 atom stereocenters. The molecule has 4 rings (SSSR count). The fourth-order valence-electron chi connectivity index (χ4n) is 4.39. The molecule has 1 saturated heterocycles. The van der Waals surface area contributed by atoms with Gasteiger partial charge in [0.05, 0.1) is 17.8 Å². The summed E-state index contributed by atoms with van der Waals surface area (Å²) in [7, 11) is 0. The predicted octanol–water partition coefficient (Wildman–Crippen LogP) is 4.51. The van der Waals surface area contributed by atoms with E-state index in [0.29, 0.717) is 18.1 Å². The van der Waals surface area contributed by atoms with Gasteiger partial charge in [-0.3, -0.25) is 0 Å². The molecule has 2 aromatic rings. The molecule has 4 nitrogen and oxygen atoms in total. The number of nitrogens with one attached hydrogen (secondary N) is 1. The van der Waals surface area contributed by atoms with Crippen LogP contribution < -0.4 is 5.32 Å². The fourth-order valence-corrected chi connectivity index (χ4v) is 4.39. The van der Waals surface area contributed by atoms with Crippen molar-refractivity contribution in [3.63, 3.8) is 0 Å². The summed E-state index contributed by atoms with van der Waals surface area (Å²) in [5.74, 6) is 2.36. The number of aryl methyl sites for hydroxylation is 1. The summed E-state index contributed by atoms with van der Waals surface area (Å²) in [6, 6.07) is 10.9. The van der Waals surface area contributed by atoms with E-state index < -0.39 is 0 Å². The van der Waals surface area contributed by atoms with Crippen LogP contribution in [0.15, 0.2) is 34.7 Å². The molecule has 1 aromatic carbocycles. The van der Waals surface area contributed by atoms with Crippen LogP contribution in [0.2, 0.25) is 0 Å². The van der Waals surface area contributed by atoms with E-state index in [9.17, 15) is 0 Å². The Labute approximate surface area is 150 Å². The average Bonchev–Trinajstić information content (AvgIpc) is 3.30. The molecule has 2 fully saturated rings. The Hall–Kier alpha value is -1.65. The van der Waals surface area contributed by atoms with Crippen LogP contribution in [0.25, 0.3) is 11.3 Å². The highest BCUT2D eigenvalue weighted by Gasteiger charge is 2.38. The molecule has 0 amide bonds. The second-order valence-corrected chi connectivity index (χ2v) is 7.34. The van der Waals surface area contributed by atoms with Crippen molar-refractivity contribution in [1.82, 2.24) is 10.3 Å². The molecule has 1 aliphatic heterocycles. The maximum absolute atomic E-state index is 6.20. The van der Waals surface area contributed by atoms with E-state index in [-0.39, 0.29) is 6.04 Å². The minimum atomic E-state index is 0.118. The van der Waals surface area contributed by atoms with Crippen molar-refractivity contribution in [3.8, 4) is 11.3 Å². The molecule has 4 heteroatoms. The van der Waals surface area contributed by atoms with Crippen molar-refractivity contribution < 1.29 is 9.15 Å². The summed E-state index contributed by atoms with van der Waals surface area (Å²) in [5, 5.41) is 3.79. The first kappa shape index (κ1) is 16.8. The third-order valence-electron chi connectivity index (χ3n) is 5.70. The third-order valence-corrected chi connectivity index (χ3v) is 5.70. The van der Waals surface area contributed by atoms with E-state index >= 15 is 0 Å². The van der Waals surface area contributed by atoms with Gasteiger partial charge in [0, 0.05) is 24.1 Å². The summed E-state index contributed by atoms with van der Waals surface area (Å²) >= 11 is 0. The van der Waals surface area contributed by atoms with Crippen molar-refractivity contribution in [1.29, 1.82) is 0 Å². The first-order valence-electron chi connectivity index (χ1n) is 9.69. The van der Waals surface area contributed by atoms with Crippen molar-refractivity contribution >= 4 is 0 Å². The minimum absolute atomic E-state index is 0.118. The molecule has 1 N–H and O–H groups in total. The molecule has 1 aliphatic carbocycles. The number of nitrogens with zero attached hydrogens (tertiary/aromatic N) is 1. The normalized spacial score (nSPS) is 27.2. The lowest BCUT2D eigenvalue weighted by Crippen LogP contribution is -2.44. The van der Waals surface area contributed by atoms with Crippen LogP contribution in [-0.2, 0) is 11.2 Å². The number of hydrogen-bond donors (Lipinski definition) is 1. The number of benzene rings is 1. The Morgan fingerprint density at radius 3 is 2.84 bits per heavy atom. The number of fused-ring (bicyclic) bond motifs is 1. The van der Waals surface area contributed by atoms with Crippen LogP contribution in [0.3, 0.4) is 0 Å². The summed E-state index contributed by atoms with van der Waals surface area (Å²) in [6.07, 6.45) is 6.19. The lowest BCUT2D eigenvalue weighted by molar-refractivity contribution is 0.0508. The summed E-state index contributed by atoms with van der Waals surface area (Å²) in [4.78, 5) is 4.80. The van der Waals surface area contributed by atoms with Crippen LogP contribution in [-0.4, -0.2) is 23.7 Å². The van der Waals surface area contributed by atoms with Gasteiger partial charge >= 0.3 is 0 Å². The van der Waals surface area contributed by atoms with Gasteiger partial charge in [-0.2, -0.15) is 0 Å². The molecule has 0 spiro atoms. The van der Waals surface area contributed by atoms with Gasteiger partial charge in [-0.05, 0) is 39.0 Å². The molecule has 0 bridgehead atoms. The van der Waals surface area contributed by atoms with Crippen LogP contribution in [0.5, 0.6) is 0 Å². The van der Waals surface area contributed by atoms with Crippen LogP contribution in [0, 0.1) is 5.92 Å². The number of oxazole rings is 1. The van der Waals surface area contributed by atoms with E-state index in [0.717, 1.165) is 35.9 Å². The average molecular weight is 340 g/mol. The monoisotopic (exact) mass is 340 g/mol. The van der Waals surface area contributed by atoms with E-state index in [2.05, 4.69) is 31.3 Å². The van der Waals surface area contributed by atoms with E-state index in [1.54, 1.807) is 0 Å². The predicted molar refractivity (Wildman–Crippen MR) is 98.4 cm³/mol. The maximum atomic E-state index is 6.20. The van der Waals surface area contributed by atoms with Gasteiger partial charge in [0.2, 0.25) is 5.89 Å². The molecule has 1 saturated carbocycles. The Morgan fingerprint density at radius 2 is 2.04 bits per heavy atom. The van der Waals surface area contributed by atoms with Gasteiger partial charge in [0.15, 0.2) is 5.76 Å². The Kier molecular flexibility index (Phi) is 4.91. The van der Waals surface area contributed by atoms with Crippen molar-refractivity contribution in [2.24, 2.45) is 5.92 Å². The van der Waals surface area contributed by atoms with Gasteiger partial charge in [0.1, 0.15) is 0 Å². The van der Waals surface area contributed by atoms with Crippen LogP contribution in [0.1, 0.15) is 57.2 Å². The second kappa shape index (κ2) is 7.30. The highest BCUT2D eigenvalue weighted by molar-refractivity contribution is 5.59. The summed E-state index contributed by atoms with van der Waals surface area (Å²) in [6.45, 7) is 5.21. The van der Waals surface area contributed by atoms with Crippen LogP contribution in [0.4, 0.5) is 0 Å². The molecule has 2 heterocycles. The van der Waals surface area contributed by atoms with Gasteiger partial charge in [-0.15, -0.1) is 0 Å². The minimum Gasteiger partial charge on any atom is -0.439 e. The highest BCUT2D eigenvalue weighted by Crippen LogP contribution is 2.36. The molecule has 2 aliphatic rings. The number of rotatable bonds is 5. The number of ether oxygens (including phenoxy) is 1. The Balaban J connectivity index is 1.52. The van der Waals surface area contributed by atoms with Gasteiger partial charge in [-0.25, -0.2) is 4.98 Å². The van der Waals surface area contributed by atoms with Crippen molar-refractivity contribution in [3.05, 3.63) is 41.9 Å². The SMILES string of the molecule is CCc1nc([C@H](C)N[C@@H]2CCC[C@@H]3OCC[C@@H]32)oc1-c1ccccc1. The summed E-state index contributed by atoms with van der Waals surface area (Å²) < 4.78 is 12.1. The number of aromatic nitrogens is 1. The molecule has 134 valence electrons. The topological polar surface area (TPSA) is 47.3 Å². The second-order valence-electron chi connectivity index (χ2n) is 7.34. The molecular formula is C21H28N2O2. The van der Waals surface area contributed by atoms with Gasteiger partial charge in [-0.1, -0.05) is 37.3 Å². The fraction of sp³-hybridized carbons (Fsp3) is 0.571. The smallest absolute Gasteiger partial charge is 0.212 e. The van der Waals surface area contributed by atoms with Crippen molar-refractivity contribution in [2.75, 3.05) is 6.61 Å². The van der Waals surface area contributed by atoms with Gasteiger partial charge in [0.25, 0.3) is 0 Å². The molecule has 25 heavy (non-hydrogen) atoms. The van der Waals surface area contributed by atoms with Crippen LogP contribution >= 0.6 is 0 Å². The number of hydrogen-bond acceptors (Lipinski definition) is 4. The summed E-state index contributed by atoms with van der Waals surface area (Å²) in [5.41, 5.74) is 2.15. The van der Waals surface area contributed by atoms with E-state index in [4.69, 9.17) is 14.1 Å². The largest absolute Gasteiger partial charge is 0.439 e. The van der Waals surface area contributed by atoms with E-state index in [1.807, 2.05) is 18.2 Å². The van der Waals surface area contributed by atoms with E-state index in [1.165, 1.54) is 25.7 Å². The Bertz CT molecular complexity index is 697. The lowest BCUT2D eigenvalue weighted by Gasteiger charge is -2.34. The van der Waals surface area contributed by atoms with Crippen molar-refractivity contribution in [2.45, 2.75) is 64.1 Å². The quantitative estimate of drug-likeness (QED) is 0.870. The zero-order valence-corrected chi connectivity index (χ0v) is 15.2. The molecular weight excluding hydrogens is 312 g/mol. The molecule has 0 unspecified atom stereocenters. The standard InChI is InChI=1S/C21H28N2O2/c1-3-17-20(15-8-5-4-6-9-15)25-21(23-17)14(2)22-18-10-7-11-19-16(18)12-13-24-19/h4-6,8-9,14,16,18-19,22H,3,7,10-13H2,1-2H3/t14-,16+,18+,19-/m0/s1. The zero-order valence-electron chi connectivity index (χ0n) is 15.2. The molecule has 1 aromatic heterocycles. The zero-order chi connectivity index (χ0) is 17.2. The third kappa shape index (κ3) is 3.38. The maximum Gasteiger partial charge on any atom is 0.212 e. The molecule has 0 radical (unpaired) electrons. The first-order valence-corrected chi connectivity index (χ1v) is 9.69. The Morgan fingerprint density at radius 1 is 1.20 bits per heavy atom. The first-order chi connectivity index (χ1) is 12.3.